The van der Waals surface area contributed by atoms with E-state index in [-0.39, 0.29) is 0 Å². The molecule has 1 atom stereocenters. The molecule has 3 N–H and O–H groups in total. The summed E-state index contributed by atoms with van der Waals surface area (Å²) in [6, 6.07) is -1.50. The van der Waals surface area contributed by atoms with Gasteiger partial charge >= 0.3 is 5.97 Å². The first-order valence-corrected chi connectivity index (χ1v) is 5.43. The Balaban J connectivity index is 3.30. The van der Waals surface area contributed by atoms with Gasteiger partial charge in [0.25, 0.3) is 0 Å². The van der Waals surface area contributed by atoms with Crippen LogP contribution in [0.1, 0.15) is 5.56 Å². The molecule has 0 bridgehead atoms. The SMILES string of the molecule is NC(Cc1c(F)c(F)c(Br)c(F)c1Cl)C(=O)O. The summed E-state index contributed by atoms with van der Waals surface area (Å²) in [6.07, 6.45) is -0.610. The van der Waals surface area contributed by atoms with Crippen molar-refractivity contribution in [2.75, 3.05) is 0 Å². The Labute approximate surface area is 107 Å². The Morgan fingerprint density at radius 2 is 1.88 bits per heavy atom. The number of carbonyl (C=O) groups is 1. The van der Waals surface area contributed by atoms with Crippen molar-refractivity contribution in [3.63, 3.8) is 0 Å². The zero-order chi connectivity index (χ0) is 13.3. The molecule has 1 aromatic rings. The molecule has 0 heterocycles. The van der Waals surface area contributed by atoms with Gasteiger partial charge in [-0.15, -0.1) is 0 Å². The predicted octanol–water partition coefficient (Wildman–Crippen LogP) is 2.47. The zero-order valence-corrected chi connectivity index (χ0v) is 10.4. The highest BCUT2D eigenvalue weighted by Gasteiger charge is 2.25. The predicted molar refractivity (Wildman–Crippen MR) is 58.3 cm³/mol. The summed E-state index contributed by atoms with van der Waals surface area (Å²) in [6.45, 7) is 0. The number of benzene rings is 1. The number of nitrogens with two attached hydrogens (primary N) is 1. The molecule has 0 aliphatic rings. The fraction of sp³-hybridized carbons (Fsp3) is 0.222. The van der Waals surface area contributed by atoms with Gasteiger partial charge in [0, 0.05) is 12.0 Å². The minimum atomic E-state index is -1.50. The van der Waals surface area contributed by atoms with Crippen LogP contribution in [-0.4, -0.2) is 17.1 Å². The summed E-state index contributed by atoms with van der Waals surface area (Å²) in [5, 5.41) is 7.84. The Bertz CT molecular complexity index is 455. The number of carboxylic acid groups (broad SMARTS) is 1. The molecule has 17 heavy (non-hydrogen) atoms. The highest BCUT2D eigenvalue weighted by Crippen LogP contribution is 2.32. The largest absolute Gasteiger partial charge is 0.480 e. The number of hydrogen-bond donors (Lipinski definition) is 2. The smallest absolute Gasteiger partial charge is 0.320 e. The fourth-order valence-electron chi connectivity index (χ4n) is 1.14. The van der Waals surface area contributed by atoms with Crippen LogP contribution in [0.15, 0.2) is 4.47 Å². The lowest BCUT2D eigenvalue weighted by Gasteiger charge is -2.12. The molecular weight excluding hydrogens is 326 g/mol. The minimum Gasteiger partial charge on any atom is -0.480 e. The van der Waals surface area contributed by atoms with Gasteiger partial charge in [-0.3, -0.25) is 4.79 Å². The molecule has 0 aliphatic carbocycles. The maximum atomic E-state index is 13.4. The van der Waals surface area contributed by atoms with Crippen molar-refractivity contribution in [1.29, 1.82) is 0 Å². The Kier molecular flexibility index (Phi) is 4.40. The standard InChI is InChI=1S/C9H6BrClF3NO2/c10-4-7(13)5(11)2(6(12)8(4)14)1-3(15)9(16)17/h3H,1,15H2,(H,16,17). The van der Waals surface area contributed by atoms with E-state index < -0.39 is 50.9 Å². The zero-order valence-electron chi connectivity index (χ0n) is 8.11. The van der Waals surface area contributed by atoms with Gasteiger partial charge in [-0.05, 0) is 15.9 Å². The Hall–Kier alpha value is -0.790. The topological polar surface area (TPSA) is 63.3 Å². The van der Waals surface area contributed by atoms with Gasteiger partial charge in [-0.1, -0.05) is 11.6 Å². The lowest BCUT2D eigenvalue weighted by molar-refractivity contribution is -0.138. The maximum absolute atomic E-state index is 13.4. The lowest BCUT2D eigenvalue weighted by Crippen LogP contribution is -2.33. The van der Waals surface area contributed by atoms with E-state index in [0.29, 0.717) is 0 Å². The second-order valence-corrected chi connectivity index (χ2v) is 4.37. The van der Waals surface area contributed by atoms with Crippen LogP contribution in [0.5, 0.6) is 0 Å². The summed E-state index contributed by atoms with van der Waals surface area (Å²) < 4.78 is 39.2. The molecule has 0 saturated carbocycles. The molecule has 0 saturated heterocycles. The van der Waals surface area contributed by atoms with Crippen molar-refractivity contribution < 1.29 is 23.1 Å². The van der Waals surface area contributed by atoms with Crippen molar-refractivity contribution in [1.82, 2.24) is 0 Å². The van der Waals surface area contributed by atoms with Gasteiger partial charge in [-0.25, -0.2) is 13.2 Å². The molecule has 0 radical (unpaired) electrons. The minimum absolute atomic E-state index is 0.597. The van der Waals surface area contributed by atoms with Crippen molar-refractivity contribution in [2.45, 2.75) is 12.5 Å². The second-order valence-electron chi connectivity index (χ2n) is 3.20. The molecule has 3 nitrogen and oxygen atoms in total. The average molecular weight is 333 g/mol. The highest BCUT2D eigenvalue weighted by atomic mass is 79.9. The Morgan fingerprint density at radius 3 is 2.35 bits per heavy atom. The van der Waals surface area contributed by atoms with Gasteiger partial charge < -0.3 is 10.8 Å². The van der Waals surface area contributed by atoms with Crippen LogP contribution in [0.25, 0.3) is 0 Å². The van der Waals surface area contributed by atoms with Crippen molar-refractivity contribution >= 4 is 33.5 Å². The van der Waals surface area contributed by atoms with E-state index in [0.717, 1.165) is 0 Å². The van der Waals surface area contributed by atoms with Crippen LogP contribution >= 0.6 is 27.5 Å². The van der Waals surface area contributed by atoms with Gasteiger partial charge in [0.05, 0.1) is 9.50 Å². The number of carboxylic acids is 1. The molecular formula is C9H6BrClF3NO2. The van der Waals surface area contributed by atoms with Crippen LogP contribution in [0.3, 0.4) is 0 Å². The number of aliphatic carboxylic acids is 1. The molecule has 0 fully saturated rings. The first-order chi connectivity index (χ1) is 7.77. The third-order valence-corrected chi connectivity index (χ3v) is 3.13. The van der Waals surface area contributed by atoms with Gasteiger partial charge in [0.1, 0.15) is 6.04 Å². The van der Waals surface area contributed by atoms with Gasteiger partial charge in [0.2, 0.25) is 0 Å². The molecule has 0 aliphatic heterocycles. The summed E-state index contributed by atoms with van der Waals surface area (Å²) in [5.74, 6) is -5.51. The van der Waals surface area contributed by atoms with Crippen LogP contribution in [0.2, 0.25) is 5.02 Å². The number of halogens is 5. The van der Waals surface area contributed by atoms with E-state index in [4.69, 9.17) is 22.4 Å². The normalized spacial score (nSPS) is 12.6. The molecule has 94 valence electrons. The first-order valence-electron chi connectivity index (χ1n) is 4.26. The highest BCUT2D eigenvalue weighted by molar-refractivity contribution is 9.10. The molecule has 1 unspecified atom stereocenters. The fourth-order valence-corrected chi connectivity index (χ4v) is 1.88. The molecule has 8 heteroatoms. The van der Waals surface area contributed by atoms with Crippen LogP contribution in [0.4, 0.5) is 13.2 Å². The van der Waals surface area contributed by atoms with E-state index in [2.05, 4.69) is 15.9 Å². The molecule has 1 aromatic carbocycles. The average Bonchev–Trinajstić information content (AvgIpc) is 2.29. The third-order valence-electron chi connectivity index (χ3n) is 2.04. The molecule has 0 spiro atoms. The molecule has 0 aromatic heterocycles. The lowest BCUT2D eigenvalue weighted by atomic mass is 10.1. The molecule has 1 rings (SSSR count). The monoisotopic (exact) mass is 331 g/mol. The summed E-state index contributed by atoms with van der Waals surface area (Å²) in [4.78, 5) is 10.5. The first kappa shape index (κ1) is 14.3. The molecule has 0 amide bonds. The van der Waals surface area contributed by atoms with Crippen molar-refractivity contribution in [3.05, 3.63) is 32.5 Å². The number of rotatable bonds is 3. The quantitative estimate of drug-likeness (QED) is 0.660. The summed E-state index contributed by atoms with van der Waals surface area (Å²) in [5.41, 5.74) is 4.55. The van der Waals surface area contributed by atoms with Crippen LogP contribution in [0, 0.1) is 17.5 Å². The summed E-state index contributed by atoms with van der Waals surface area (Å²) in [7, 11) is 0. The van der Waals surface area contributed by atoms with E-state index in [1.54, 1.807) is 0 Å². The van der Waals surface area contributed by atoms with E-state index >= 15 is 0 Å². The van der Waals surface area contributed by atoms with Crippen LogP contribution < -0.4 is 5.73 Å². The van der Waals surface area contributed by atoms with Crippen molar-refractivity contribution in [2.24, 2.45) is 5.73 Å². The van der Waals surface area contributed by atoms with E-state index in [1.165, 1.54) is 0 Å². The van der Waals surface area contributed by atoms with E-state index in [1.807, 2.05) is 0 Å². The van der Waals surface area contributed by atoms with Crippen molar-refractivity contribution in [3.8, 4) is 0 Å². The van der Waals surface area contributed by atoms with Gasteiger partial charge in [0.15, 0.2) is 17.5 Å². The summed E-state index contributed by atoms with van der Waals surface area (Å²) >= 11 is 7.95. The van der Waals surface area contributed by atoms with E-state index in [9.17, 15) is 18.0 Å². The Morgan fingerprint density at radius 1 is 1.35 bits per heavy atom. The van der Waals surface area contributed by atoms with Crippen LogP contribution in [-0.2, 0) is 11.2 Å². The number of hydrogen-bond acceptors (Lipinski definition) is 2. The maximum Gasteiger partial charge on any atom is 0.320 e. The third kappa shape index (κ3) is 2.72. The second kappa shape index (κ2) is 5.24. The van der Waals surface area contributed by atoms with Gasteiger partial charge in [-0.2, -0.15) is 0 Å².